The first-order valence-corrected chi connectivity index (χ1v) is 9.92. The average molecular weight is 301 g/mol. The van der Waals surface area contributed by atoms with E-state index in [9.17, 15) is 0 Å². The summed E-state index contributed by atoms with van der Waals surface area (Å²) in [7, 11) is 0. The van der Waals surface area contributed by atoms with E-state index in [-0.39, 0.29) is 0 Å². The summed E-state index contributed by atoms with van der Waals surface area (Å²) in [5, 5.41) is 0. The summed E-state index contributed by atoms with van der Waals surface area (Å²) >= 11 is 0. The SMILES string of the molecule is CCCCCCCCc1ccc(C2CCC(CC)CC2)cc1. The van der Waals surface area contributed by atoms with Crippen LogP contribution in [-0.4, -0.2) is 0 Å². The molecule has 0 saturated heterocycles. The monoisotopic (exact) mass is 300 g/mol. The van der Waals surface area contributed by atoms with Crippen molar-refractivity contribution in [1.82, 2.24) is 0 Å². The van der Waals surface area contributed by atoms with E-state index >= 15 is 0 Å². The molecule has 124 valence electrons. The zero-order valence-electron chi connectivity index (χ0n) is 14.9. The third-order valence-electron chi connectivity index (χ3n) is 5.69. The lowest BCUT2D eigenvalue weighted by Gasteiger charge is -2.28. The zero-order valence-corrected chi connectivity index (χ0v) is 14.9. The quantitative estimate of drug-likeness (QED) is 0.420. The van der Waals surface area contributed by atoms with E-state index in [4.69, 9.17) is 0 Å². The van der Waals surface area contributed by atoms with Crippen LogP contribution in [0.25, 0.3) is 0 Å². The maximum atomic E-state index is 2.42. The predicted octanol–water partition coefficient (Wildman–Crippen LogP) is 7.27. The van der Waals surface area contributed by atoms with Gasteiger partial charge in [0.25, 0.3) is 0 Å². The van der Waals surface area contributed by atoms with Crippen LogP contribution in [-0.2, 0) is 6.42 Å². The average Bonchev–Trinajstić information content (AvgIpc) is 2.59. The molecule has 2 rings (SSSR count). The Kier molecular flexibility index (Phi) is 8.05. The summed E-state index contributed by atoms with van der Waals surface area (Å²) in [6.45, 7) is 4.64. The molecule has 0 nitrogen and oxygen atoms in total. The largest absolute Gasteiger partial charge is 0.0654 e. The van der Waals surface area contributed by atoms with Gasteiger partial charge < -0.3 is 0 Å². The van der Waals surface area contributed by atoms with Crippen molar-refractivity contribution in [3.8, 4) is 0 Å². The van der Waals surface area contributed by atoms with Crippen molar-refractivity contribution in [2.45, 2.75) is 96.8 Å². The van der Waals surface area contributed by atoms with E-state index in [0.717, 1.165) is 11.8 Å². The second kappa shape index (κ2) is 10.1. The summed E-state index contributed by atoms with van der Waals surface area (Å²) in [4.78, 5) is 0. The Hall–Kier alpha value is -0.780. The van der Waals surface area contributed by atoms with Crippen LogP contribution in [0.4, 0.5) is 0 Å². The molecular formula is C22H36. The first kappa shape index (κ1) is 17.6. The molecule has 0 atom stereocenters. The number of aryl methyl sites for hydroxylation is 1. The molecule has 1 aliphatic carbocycles. The molecule has 1 saturated carbocycles. The minimum atomic E-state index is 0.839. The van der Waals surface area contributed by atoms with Gasteiger partial charge in [0, 0.05) is 0 Å². The molecule has 1 aliphatic rings. The lowest BCUT2D eigenvalue weighted by molar-refractivity contribution is 0.319. The van der Waals surface area contributed by atoms with Crippen LogP contribution >= 0.6 is 0 Å². The van der Waals surface area contributed by atoms with Gasteiger partial charge in [0.15, 0.2) is 0 Å². The highest BCUT2D eigenvalue weighted by molar-refractivity contribution is 5.25. The lowest BCUT2D eigenvalue weighted by atomic mass is 9.78. The second-order valence-corrected chi connectivity index (χ2v) is 7.39. The van der Waals surface area contributed by atoms with Gasteiger partial charge in [0.1, 0.15) is 0 Å². The number of rotatable bonds is 9. The molecule has 0 bridgehead atoms. The van der Waals surface area contributed by atoms with Gasteiger partial charge in [0.2, 0.25) is 0 Å². The summed E-state index contributed by atoms with van der Waals surface area (Å²) in [5.41, 5.74) is 3.14. The van der Waals surface area contributed by atoms with Crippen molar-refractivity contribution in [3.63, 3.8) is 0 Å². The van der Waals surface area contributed by atoms with Gasteiger partial charge in [-0.15, -0.1) is 0 Å². The molecule has 0 heteroatoms. The molecule has 1 aromatic carbocycles. The van der Waals surface area contributed by atoms with Gasteiger partial charge in [0.05, 0.1) is 0 Å². The van der Waals surface area contributed by atoms with Gasteiger partial charge in [-0.2, -0.15) is 0 Å². The molecule has 0 amide bonds. The predicted molar refractivity (Wildman–Crippen MR) is 98.5 cm³/mol. The minimum absolute atomic E-state index is 0.839. The summed E-state index contributed by atoms with van der Waals surface area (Å²) in [5.74, 6) is 1.84. The normalized spacial score (nSPS) is 21.9. The van der Waals surface area contributed by atoms with Crippen molar-refractivity contribution in [1.29, 1.82) is 0 Å². The maximum absolute atomic E-state index is 2.42. The fourth-order valence-corrected chi connectivity index (χ4v) is 3.97. The first-order chi connectivity index (χ1) is 10.8. The van der Waals surface area contributed by atoms with Crippen molar-refractivity contribution < 1.29 is 0 Å². The van der Waals surface area contributed by atoms with Crippen molar-refractivity contribution in [2.24, 2.45) is 5.92 Å². The van der Waals surface area contributed by atoms with Gasteiger partial charge in [-0.3, -0.25) is 0 Å². The smallest absolute Gasteiger partial charge is 0.0162 e. The molecular weight excluding hydrogens is 264 g/mol. The molecule has 0 aromatic heterocycles. The molecule has 1 aromatic rings. The Morgan fingerprint density at radius 1 is 0.773 bits per heavy atom. The molecule has 0 radical (unpaired) electrons. The van der Waals surface area contributed by atoms with E-state index in [1.165, 1.54) is 77.0 Å². The highest BCUT2D eigenvalue weighted by Gasteiger charge is 2.20. The fraction of sp³-hybridized carbons (Fsp3) is 0.727. The minimum Gasteiger partial charge on any atom is -0.0654 e. The Bertz CT molecular complexity index is 381. The van der Waals surface area contributed by atoms with E-state index in [1.54, 1.807) is 11.1 Å². The Balaban J connectivity index is 1.69. The number of benzene rings is 1. The van der Waals surface area contributed by atoms with Crippen LogP contribution in [0.3, 0.4) is 0 Å². The Morgan fingerprint density at radius 2 is 1.41 bits per heavy atom. The van der Waals surface area contributed by atoms with E-state index in [0.29, 0.717) is 0 Å². The lowest BCUT2D eigenvalue weighted by Crippen LogP contribution is -2.12. The highest BCUT2D eigenvalue weighted by atomic mass is 14.3. The van der Waals surface area contributed by atoms with Gasteiger partial charge in [-0.25, -0.2) is 0 Å². The number of hydrogen-bond donors (Lipinski definition) is 0. The van der Waals surface area contributed by atoms with E-state index < -0.39 is 0 Å². The molecule has 0 N–H and O–H groups in total. The molecule has 0 unspecified atom stereocenters. The molecule has 1 fully saturated rings. The zero-order chi connectivity index (χ0) is 15.6. The Labute approximate surface area is 138 Å². The van der Waals surface area contributed by atoms with Crippen molar-refractivity contribution in [3.05, 3.63) is 35.4 Å². The van der Waals surface area contributed by atoms with Gasteiger partial charge >= 0.3 is 0 Å². The standard InChI is InChI=1S/C22H36/c1-3-5-6-7-8-9-10-20-13-17-22(18-14-20)21-15-11-19(4-2)12-16-21/h13-14,17-19,21H,3-12,15-16H2,1-2H3. The fourth-order valence-electron chi connectivity index (χ4n) is 3.97. The third kappa shape index (κ3) is 5.78. The summed E-state index contributed by atoms with van der Waals surface area (Å²) < 4.78 is 0. The van der Waals surface area contributed by atoms with Crippen LogP contribution < -0.4 is 0 Å². The summed E-state index contributed by atoms with van der Waals surface area (Å²) in [6.07, 6.45) is 16.7. The van der Waals surface area contributed by atoms with Gasteiger partial charge in [-0.05, 0) is 61.5 Å². The molecule has 22 heavy (non-hydrogen) atoms. The second-order valence-electron chi connectivity index (χ2n) is 7.39. The van der Waals surface area contributed by atoms with Crippen LogP contribution in [0.5, 0.6) is 0 Å². The van der Waals surface area contributed by atoms with Crippen LogP contribution in [0, 0.1) is 5.92 Å². The number of hydrogen-bond acceptors (Lipinski definition) is 0. The molecule has 0 heterocycles. The van der Waals surface area contributed by atoms with E-state index in [2.05, 4.69) is 38.1 Å². The van der Waals surface area contributed by atoms with Crippen LogP contribution in [0.15, 0.2) is 24.3 Å². The van der Waals surface area contributed by atoms with Gasteiger partial charge in [-0.1, -0.05) is 76.6 Å². The van der Waals surface area contributed by atoms with Crippen LogP contribution in [0.2, 0.25) is 0 Å². The third-order valence-corrected chi connectivity index (χ3v) is 5.69. The van der Waals surface area contributed by atoms with E-state index in [1.807, 2.05) is 0 Å². The Morgan fingerprint density at radius 3 is 2.05 bits per heavy atom. The van der Waals surface area contributed by atoms with Crippen molar-refractivity contribution >= 4 is 0 Å². The molecule has 0 spiro atoms. The topological polar surface area (TPSA) is 0 Å². The van der Waals surface area contributed by atoms with Crippen LogP contribution in [0.1, 0.15) is 102 Å². The highest BCUT2D eigenvalue weighted by Crippen LogP contribution is 2.36. The summed E-state index contributed by atoms with van der Waals surface area (Å²) in [6, 6.07) is 9.63. The maximum Gasteiger partial charge on any atom is -0.0162 e. The molecule has 0 aliphatic heterocycles. The first-order valence-electron chi connectivity index (χ1n) is 9.92. The van der Waals surface area contributed by atoms with Crippen molar-refractivity contribution in [2.75, 3.05) is 0 Å². The number of unbranched alkanes of at least 4 members (excludes halogenated alkanes) is 5.